The number of dihydropyridines is 1. The maximum atomic E-state index is 15.0. The van der Waals surface area contributed by atoms with Crippen LogP contribution in [0.4, 0.5) is 0 Å². The first-order valence-electron chi connectivity index (χ1n) is 18.2. The fourth-order valence-electron chi connectivity index (χ4n) is 10.8. The summed E-state index contributed by atoms with van der Waals surface area (Å²) in [4.78, 5) is 29.4. The summed E-state index contributed by atoms with van der Waals surface area (Å²) in [6, 6.07) is 10.9. The number of allylic oxidation sites excluding steroid dienone is 6. The number of nitrogens with one attached hydrogen (secondary N) is 2. The molecule has 2 aromatic rings. The Morgan fingerprint density at radius 3 is 2.70 bits per heavy atom. The number of rotatable bonds is 1. The summed E-state index contributed by atoms with van der Waals surface area (Å²) < 4.78 is 12.3. The average Bonchev–Trinajstić information content (AvgIpc) is 3.58. The lowest BCUT2D eigenvalue weighted by molar-refractivity contribution is -0.319. The lowest BCUT2D eigenvalue weighted by atomic mass is 9.55. The van der Waals surface area contributed by atoms with Gasteiger partial charge in [-0.3, -0.25) is 9.59 Å². The molecule has 11 nitrogen and oxygen atoms in total. The zero-order chi connectivity index (χ0) is 36.6. The predicted molar refractivity (Wildman–Crippen MR) is 198 cm³/mol. The van der Waals surface area contributed by atoms with Crippen molar-refractivity contribution in [2.24, 2.45) is 16.7 Å². The van der Waals surface area contributed by atoms with Crippen molar-refractivity contribution in [1.82, 2.24) is 10.6 Å². The van der Waals surface area contributed by atoms with E-state index in [1.165, 1.54) is 22.9 Å². The molecule has 7 N–H and O–H groups in total. The van der Waals surface area contributed by atoms with Crippen LogP contribution in [0.15, 0.2) is 77.4 Å². The largest absolute Gasteiger partial charge is 0.511 e. The molecule has 0 unspecified atom stereocenters. The standard InChI is InChI=1S/C40H40N2O9S2/c1-18-13-24-31(45)20-6-3-9-25-29(20)33(47)39(24,27(44)14-18)17-52-53-36-21-7-2-5-19-22-8-4-11-38(22,23-10-12-41-35(42-36)30(23)28(19)21)16-40(49)32(46)26(15-43)51-37(50-25)34(40)48/h2-3,5-7,9-10,13-14,22,24,26,32,34,36-37,41-44,46,48-49H,4,8,11-12,15-17H2,1H3/t22-,24-,26-,32-,34+,36+,37-,38+,39+,40+/m1/s1. The third kappa shape index (κ3) is 4.38. The topological polar surface area (TPSA) is 178 Å². The Balaban J connectivity index is 1.20. The fraction of sp³-hybridized carbons (Fsp3) is 0.450. The van der Waals surface area contributed by atoms with Gasteiger partial charge in [-0.05, 0) is 66.5 Å². The molecule has 4 aliphatic carbocycles. The molecule has 276 valence electrons. The van der Waals surface area contributed by atoms with Crippen LogP contribution in [0.5, 0.6) is 5.75 Å². The minimum Gasteiger partial charge on any atom is -0.511 e. The van der Waals surface area contributed by atoms with Crippen molar-refractivity contribution in [2.45, 2.75) is 74.1 Å². The van der Waals surface area contributed by atoms with Crippen molar-refractivity contribution in [2.75, 3.05) is 18.9 Å². The number of ketones is 2. The first-order chi connectivity index (χ1) is 25.5. The summed E-state index contributed by atoms with van der Waals surface area (Å²) in [6.45, 7) is 1.63. The normalized spacial score (nSPS) is 39.3. The molecule has 2 fully saturated rings. The van der Waals surface area contributed by atoms with Gasteiger partial charge in [0, 0.05) is 28.8 Å². The Labute approximate surface area is 313 Å². The minimum absolute atomic E-state index is 0.0267. The molecular formula is C40H40N2O9S2. The summed E-state index contributed by atoms with van der Waals surface area (Å²) in [5.41, 5.74) is 1.56. The van der Waals surface area contributed by atoms with Crippen LogP contribution in [-0.2, 0) is 4.74 Å². The van der Waals surface area contributed by atoms with E-state index in [-0.39, 0.29) is 51.9 Å². The summed E-state index contributed by atoms with van der Waals surface area (Å²) in [5.74, 6) is -1.24. The van der Waals surface area contributed by atoms with Crippen molar-refractivity contribution in [3.63, 3.8) is 0 Å². The summed E-state index contributed by atoms with van der Waals surface area (Å²) in [5, 5.41) is 66.0. The molecule has 12 rings (SSSR count). The van der Waals surface area contributed by atoms with Gasteiger partial charge >= 0.3 is 0 Å². The quantitative estimate of drug-likeness (QED) is 0.207. The number of carbonyl (C=O) groups excluding carboxylic acids is 2. The van der Waals surface area contributed by atoms with Crippen molar-refractivity contribution in [3.8, 4) is 5.75 Å². The van der Waals surface area contributed by atoms with Crippen molar-refractivity contribution < 1.29 is 44.6 Å². The summed E-state index contributed by atoms with van der Waals surface area (Å²) >= 11 is 0. The predicted octanol–water partition coefficient (Wildman–Crippen LogP) is 4.17. The lowest BCUT2D eigenvalue weighted by Crippen LogP contribution is -2.69. The molecular weight excluding hydrogens is 717 g/mol. The molecule has 1 saturated heterocycles. The number of ether oxygens (including phenoxy) is 2. The van der Waals surface area contributed by atoms with Gasteiger partial charge < -0.3 is 45.6 Å². The van der Waals surface area contributed by atoms with Gasteiger partial charge in [-0.1, -0.05) is 76.1 Å². The lowest BCUT2D eigenvalue weighted by Gasteiger charge is -2.55. The zero-order valence-corrected chi connectivity index (χ0v) is 30.5. The summed E-state index contributed by atoms with van der Waals surface area (Å²) in [6.07, 6.45) is 1.31. The smallest absolute Gasteiger partial charge is 0.229 e. The number of aliphatic hydroxyl groups excluding tert-OH is 4. The second kappa shape index (κ2) is 11.7. The van der Waals surface area contributed by atoms with E-state index in [0.29, 0.717) is 18.5 Å². The molecule has 2 aromatic carbocycles. The SMILES string of the molecule is CC1=C[C@@H]2C(=O)c3cccc4c3C(=O)[C@]2(CSS[C@@H]2NC3=C5C(=CCN3)[C@@]3(CCC[C@@H]3c3cccc2c35)C[C@]2(O)[C@H](O)[C@@H](CO)O[C@@H](O4)[C@@H]2O)C(O)=C1. The van der Waals surface area contributed by atoms with E-state index in [1.54, 1.807) is 35.9 Å². The van der Waals surface area contributed by atoms with Crippen LogP contribution in [0.3, 0.4) is 0 Å². The maximum absolute atomic E-state index is 15.0. The molecule has 10 aliphatic rings. The third-order valence-corrected chi connectivity index (χ3v) is 15.8. The van der Waals surface area contributed by atoms with Gasteiger partial charge in [-0.15, -0.1) is 0 Å². The van der Waals surface area contributed by atoms with Crippen molar-refractivity contribution in [3.05, 3.63) is 105 Å². The minimum atomic E-state index is -2.23. The van der Waals surface area contributed by atoms with Crippen molar-refractivity contribution in [1.29, 1.82) is 0 Å². The van der Waals surface area contributed by atoms with Gasteiger partial charge in [0.2, 0.25) is 6.29 Å². The van der Waals surface area contributed by atoms with E-state index < -0.39 is 59.3 Å². The van der Waals surface area contributed by atoms with E-state index in [9.17, 15) is 30.3 Å². The molecule has 12 bridgehead atoms. The van der Waals surface area contributed by atoms with E-state index in [4.69, 9.17) is 9.47 Å². The Kier molecular flexibility index (Phi) is 7.51. The van der Waals surface area contributed by atoms with E-state index in [0.717, 1.165) is 46.5 Å². The second-order valence-electron chi connectivity index (χ2n) is 15.7. The van der Waals surface area contributed by atoms with E-state index in [2.05, 4.69) is 28.8 Å². The van der Waals surface area contributed by atoms with Gasteiger partial charge in [0.1, 0.15) is 52.0 Å². The Hall–Kier alpha value is -3.56. The number of carbonyl (C=O) groups is 2. The van der Waals surface area contributed by atoms with Crippen LogP contribution >= 0.6 is 21.6 Å². The highest BCUT2D eigenvalue weighted by atomic mass is 33.1. The molecule has 1 saturated carbocycles. The molecule has 6 heterocycles. The molecule has 53 heavy (non-hydrogen) atoms. The molecule has 2 spiro atoms. The number of Topliss-reactive ketones (excluding diaryl/α,β-unsaturated/α-hetero) is 2. The van der Waals surface area contributed by atoms with Crippen LogP contribution < -0.4 is 15.4 Å². The monoisotopic (exact) mass is 756 g/mol. The third-order valence-electron chi connectivity index (χ3n) is 13.1. The molecule has 6 aliphatic heterocycles. The van der Waals surface area contributed by atoms with Crippen LogP contribution in [0, 0.1) is 16.7 Å². The van der Waals surface area contributed by atoms with Gasteiger partial charge in [0.25, 0.3) is 0 Å². The fourth-order valence-corrected chi connectivity index (χ4v) is 13.7. The van der Waals surface area contributed by atoms with Gasteiger partial charge in [-0.2, -0.15) is 0 Å². The zero-order valence-electron chi connectivity index (χ0n) is 28.9. The maximum Gasteiger partial charge on any atom is 0.229 e. The highest BCUT2D eigenvalue weighted by Gasteiger charge is 2.64. The van der Waals surface area contributed by atoms with Gasteiger partial charge in [0.15, 0.2) is 11.6 Å². The summed E-state index contributed by atoms with van der Waals surface area (Å²) in [7, 11) is 2.96. The Bertz CT molecular complexity index is 2130. The molecule has 0 aromatic heterocycles. The molecule has 0 amide bonds. The highest BCUT2D eigenvalue weighted by Crippen LogP contribution is 2.67. The molecule has 10 atom stereocenters. The second-order valence-corrected chi connectivity index (χ2v) is 18.2. The number of benzene rings is 2. The number of hydrogen-bond donors (Lipinski definition) is 7. The van der Waals surface area contributed by atoms with Crippen LogP contribution in [0.2, 0.25) is 0 Å². The van der Waals surface area contributed by atoms with E-state index >= 15 is 4.79 Å². The number of hydrogen-bond acceptors (Lipinski definition) is 13. The first kappa shape index (κ1) is 34.0. The van der Waals surface area contributed by atoms with Crippen LogP contribution in [-0.4, -0.2) is 86.2 Å². The van der Waals surface area contributed by atoms with Crippen LogP contribution in [0.1, 0.15) is 81.3 Å². The van der Waals surface area contributed by atoms with Gasteiger partial charge in [-0.25, -0.2) is 0 Å². The average molecular weight is 757 g/mol. The Morgan fingerprint density at radius 2 is 1.87 bits per heavy atom. The van der Waals surface area contributed by atoms with E-state index in [1.807, 2.05) is 6.07 Å². The van der Waals surface area contributed by atoms with Gasteiger partial charge in [0.05, 0.1) is 18.1 Å². The van der Waals surface area contributed by atoms with Crippen molar-refractivity contribution >= 4 is 38.7 Å². The molecule has 0 radical (unpaired) electrons. The number of aliphatic hydroxyl groups is 5. The van der Waals surface area contributed by atoms with Crippen LogP contribution in [0.25, 0.3) is 5.57 Å². The highest BCUT2D eigenvalue weighted by molar-refractivity contribution is 8.76. The molecule has 13 heteroatoms. The first-order valence-corrected chi connectivity index (χ1v) is 20.6. The Morgan fingerprint density at radius 1 is 1.06 bits per heavy atom.